The number of amides is 1. The molecule has 2 aromatic rings. The van der Waals surface area contributed by atoms with Gasteiger partial charge in [-0.1, -0.05) is 30.0 Å². The fourth-order valence-electron chi connectivity index (χ4n) is 2.56. The molecule has 1 aromatic heterocycles. The molecule has 0 bridgehead atoms. The van der Waals surface area contributed by atoms with Crippen molar-refractivity contribution in [3.8, 4) is 11.8 Å². The van der Waals surface area contributed by atoms with Crippen LogP contribution < -0.4 is 5.32 Å². The predicted molar refractivity (Wildman–Crippen MR) is 89.5 cm³/mol. The van der Waals surface area contributed by atoms with E-state index in [9.17, 15) is 10.1 Å². The van der Waals surface area contributed by atoms with Crippen molar-refractivity contribution in [1.29, 1.82) is 5.26 Å². The van der Waals surface area contributed by atoms with E-state index < -0.39 is 5.54 Å². The first-order valence-electron chi connectivity index (χ1n) is 7.73. The largest absolute Gasteiger partial charge is 0.337 e. The number of hydrogen-bond acceptors (Lipinski definition) is 6. The van der Waals surface area contributed by atoms with Gasteiger partial charge in [-0.15, -0.1) is 5.10 Å². The molecule has 24 heavy (non-hydrogen) atoms. The van der Waals surface area contributed by atoms with E-state index in [-0.39, 0.29) is 17.6 Å². The SMILES string of the molecule is Cc1ccccc1-n1nnnc1SCC(=O)N[C@@](C)(C#N)C1CC1. The van der Waals surface area contributed by atoms with Crippen LogP contribution in [0.5, 0.6) is 0 Å². The van der Waals surface area contributed by atoms with E-state index in [1.165, 1.54) is 11.8 Å². The zero-order valence-corrected chi connectivity index (χ0v) is 14.4. The lowest BCUT2D eigenvalue weighted by Crippen LogP contribution is -2.47. The molecule has 1 aliphatic carbocycles. The lowest BCUT2D eigenvalue weighted by molar-refractivity contribution is -0.119. The Kier molecular flexibility index (Phi) is 4.53. The van der Waals surface area contributed by atoms with Crippen LogP contribution in [-0.2, 0) is 4.79 Å². The van der Waals surface area contributed by atoms with E-state index in [1.54, 1.807) is 11.6 Å². The third-order valence-electron chi connectivity index (χ3n) is 4.14. The van der Waals surface area contributed by atoms with Crippen LogP contribution in [-0.4, -0.2) is 37.4 Å². The summed E-state index contributed by atoms with van der Waals surface area (Å²) in [4.78, 5) is 12.2. The normalized spacial score (nSPS) is 16.2. The summed E-state index contributed by atoms with van der Waals surface area (Å²) < 4.78 is 1.62. The van der Waals surface area contributed by atoms with E-state index in [0.29, 0.717) is 5.16 Å². The smallest absolute Gasteiger partial charge is 0.231 e. The highest BCUT2D eigenvalue weighted by atomic mass is 32.2. The molecule has 1 aromatic carbocycles. The van der Waals surface area contributed by atoms with Gasteiger partial charge in [0.15, 0.2) is 0 Å². The third kappa shape index (κ3) is 3.41. The van der Waals surface area contributed by atoms with Crippen molar-refractivity contribution in [2.24, 2.45) is 5.92 Å². The van der Waals surface area contributed by atoms with Gasteiger partial charge in [0.25, 0.3) is 0 Å². The first-order chi connectivity index (χ1) is 11.5. The minimum Gasteiger partial charge on any atom is -0.337 e. The van der Waals surface area contributed by atoms with Gasteiger partial charge in [-0.05, 0) is 54.7 Å². The first-order valence-corrected chi connectivity index (χ1v) is 8.71. The van der Waals surface area contributed by atoms with Gasteiger partial charge in [0, 0.05) is 0 Å². The van der Waals surface area contributed by atoms with Crippen LogP contribution in [0.15, 0.2) is 29.4 Å². The topological polar surface area (TPSA) is 96.5 Å². The molecule has 0 saturated heterocycles. The summed E-state index contributed by atoms with van der Waals surface area (Å²) >= 11 is 1.25. The summed E-state index contributed by atoms with van der Waals surface area (Å²) in [7, 11) is 0. The van der Waals surface area contributed by atoms with E-state index in [0.717, 1.165) is 24.1 Å². The minimum absolute atomic E-state index is 0.163. The number of nitriles is 1. The van der Waals surface area contributed by atoms with E-state index in [2.05, 4.69) is 26.9 Å². The molecule has 1 saturated carbocycles. The quantitative estimate of drug-likeness (QED) is 0.805. The van der Waals surface area contributed by atoms with Crippen LogP contribution in [0.1, 0.15) is 25.3 Å². The maximum absolute atomic E-state index is 12.2. The number of thioether (sulfide) groups is 1. The number of nitrogens with one attached hydrogen (secondary N) is 1. The van der Waals surface area contributed by atoms with E-state index in [4.69, 9.17) is 0 Å². The fourth-order valence-corrected chi connectivity index (χ4v) is 3.24. The van der Waals surface area contributed by atoms with Gasteiger partial charge in [-0.25, -0.2) is 0 Å². The Balaban J connectivity index is 1.66. The van der Waals surface area contributed by atoms with Crippen LogP contribution in [0.4, 0.5) is 0 Å². The van der Waals surface area contributed by atoms with Crippen LogP contribution >= 0.6 is 11.8 Å². The summed E-state index contributed by atoms with van der Waals surface area (Å²) in [5.74, 6) is 0.236. The molecular weight excluding hydrogens is 324 g/mol. The second kappa shape index (κ2) is 6.61. The average Bonchev–Trinajstić information content (AvgIpc) is 3.33. The molecule has 1 N–H and O–H groups in total. The molecule has 0 radical (unpaired) electrons. The zero-order valence-electron chi connectivity index (χ0n) is 13.6. The van der Waals surface area contributed by atoms with Crippen molar-refractivity contribution in [2.75, 3.05) is 5.75 Å². The molecule has 1 aliphatic rings. The Morgan fingerprint density at radius 3 is 2.92 bits per heavy atom. The second-order valence-corrected chi connectivity index (χ2v) is 7.03. The predicted octanol–water partition coefficient (Wildman–Crippen LogP) is 1.87. The maximum Gasteiger partial charge on any atom is 0.231 e. The number of para-hydroxylation sites is 1. The minimum atomic E-state index is -0.778. The third-order valence-corrected chi connectivity index (χ3v) is 5.06. The van der Waals surface area contributed by atoms with Crippen molar-refractivity contribution >= 4 is 17.7 Å². The van der Waals surface area contributed by atoms with Gasteiger partial charge in [0.1, 0.15) is 5.54 Å². The number of aryl methyl sites for hydroxylation is 1. The van der Waals surface area contributed by atoms with Crippen LogP contribution in [0.3, 0.4) is 0 Å². The molecule has 7 nitrogen and oxygen atoms in total. The van der Waals surface area contributed by atoms with Crippen LogP contribution in [0.25, 0.3) is 5.69 Å². The molecule has 1 atom stereocenters. The molecule has 0 spiro atoms. The molecule has 0 unspecified atom stereocenters. The second-order valence-electron chi connectivity index (χ2n) is 6.09. The molecule has 1 heterocycles. The van der Waals surface area contributed by atoms with E-state index in [1.807, 2.05) is 31.2 Å². The highest BCUT2D eigenvalue weighted by Crippen LogP contribution is 2.39. The number of tetrazole rings is 1. The van der Waals surface area contributed by atoms with Crippen molar-refractivity contribution in [3.63, 3.8) is 0 Å². The molecular formula is C16H18N6OS. The Morgan fingerprint density at radius 1 is 1.50 bits per heavy atom. The number of hydrogen-bond donors (Lipinski definition) is 1. The summed E-state index contributed by atoms with van der Waals surface area (Å²) in [5.41, 5.74) is 1.15. The lowest BCUT2D eigenvalue weighted by Gasteiger charge is -2.22. The Morgan fingerprint density at radius 2 is 2.25 bits per heavy atom. The maximum atomic E-state index is 12.2. The fraction of sp³-hybridized carbons (Fsp3) is 0.438. The number of benzene rings is 1. The van der Waals surface area contributed by atoms with Gasteiger partial charge in [-0.2, -0.15) is 9.94 Å². The summed E-state index contributed by atoms with van der Waals surface area (Å²) in [6.07, 6.45) is 1.98. The molecule has 124 valence electrons. The van der Waals surface area contributed by atoms with Crippen LogP contribution in [0.2, 0.25) is 0 Å². The van der Waals surface area contributed by atoms with Crippen molar-refractivity contribution in [1.82, 2.24) is 25.5 Å². The van der Waals surface area contributed by atoms with E-state index >= 15 is 0 Å². The van der Waals surface area contributed by atoms with Gasteiger partial charge in [0.2, 0.25) is 11.1 Å². The Labute approximate surface area is 144 Å². The highest BCUT2D eigenvalue weighted by Gasteiger charge is 2.42. The van der Waals surface area contributed by atoms with Crippen molar-refractivity contribution in [2.45, 2.75) is 37.4 Å². The Bertz CT molecular complexity index is 794. The van der Waals surface area contributed by atoms with Gasteiger partial charge in [0.05, 0.1) is 17.5 Å². The van der Waals surface area contributed by atoms with Crippen LogP contribution in [0, 0.1) is 24.2 Å². The zero-order chi connectivity index (χ0) is 17.2. The summed E-state index contributed by atoms with van der Waals surface area (Å²) in [6, 6.07) is 9.99. The monoisotopic (exact) mass is 342 g/mol. The standard InChI is InChI=1S/C16H18N6OS/c1-11-5-3-4-6-13(11)22-15(19-20-21-22)24-9-14(23)18-16(2,10-17)12-7-8-12/h3-6,12H,7-9H2,1-2H3,(H,18,23)/t16-/m0/s1. The highest BCUT2D eigenvalue weighted by molar-refractivity contribution is 7.99. The average molecular weight is 342 g/mol. The number of aromatic nitrogens is 4. The number of carbonyl (C=O) groups excluding carboxylic acids is 1. The van der Waals surface area contributed by atoms with Crippen molar-refractivity contribution in [3.05, 3.63) is 29.8 Å². The van der Waals surface area contributed by atoms with Gasteiger partial charge < -0.3 is 5.32 Å². The number of rotatable bonds is 6. The molecule has 0 aliphatic heterocycles. The molecule has 8 heteroatoms. The number of nitrogens with zero attached hydrogens (tertiary/aromatic N) is 5. The number of carbonyl (C=O) groups is 1. The lowest BCUT2D eigenvalue weighted by atomic mass is 9.98. The van der Waals surface area contributed by atoms with Gasteiger partial charge in [-0.3, -0.25) is 4.79 Å². The van der Waals surface area contributed by atoms with Crippen molar-refractivity contribution < 1.29 is 4.79 Å². The molecule has 1 fully saturated rings. The molecule has 3 rings (SSSR count). The summed E-state index contributed by atoms with van der Waals surface area (Å²) in [5, 5.41) is 24.4. The first kappa shape index (κ1) is 16.5. The van der Waals surface area contributed by atoms with Gasteiger partial charge >= 0.3 is 0 Å². The Hall–Kier alpha value is -2.40. The molecule has 1 amide bonds. The summed E-state index contributed by atoms with van der Waals surface area (Å²) in [6.45, 7) is 3.76.